The van der Waals surface area contributed by atoms with E-state index >= 15 is 0 Å². The van der Waals surface area contributed by atoms with Gasteiger partial charge in [0.05, 0.1) is 0 Å². The molecule has 0 fully saturated rings. The Balaban J connectivity index is 2.53. The minimum Gasteiger partial charge on any atom is -0.219 e. The van der Waals surface area contributed by atoms with E-state index in [1.54, 1.807) is 0 Å². The summed E-state index contributed by atoms with van der Waals surface area (Å²) in [6.07, 6.45) is 0. The number of hydrogen-bond acceptors (Lipinski definition) is 7. The number of hydrogen-bond donors (Lipinski definition) is 2. The normalized spacial score (nSPS) is 9.75. The molecule has 0 spiro atoms. The monoisotopic (exact) mass is 127 g/mol. The standard InChI is InChI=1S/CH5NO6/c1-2-4-6-8-7-5-3/h2-3H,1H3. The first-order chi connectivity index (χ1) is 3.91. The van der Waals surface area contributed by atoms with Gasteiger partial charge in [0.1, 0.15) is 0 Å². The number of nitrogens with one attached hydrogen (secondary N) is 1. The van der Waals surface area contributed by atoms with Gasteiger partial charge in [0.25, 0.3) is 0 Å². The second-order valence-corrected chi connectivity index (χ2v) is 0.566. The van der Waals surface area contributed by atoms with Crippen molar-refractivity contribution in [3.8, 4) is 0 Å². The van der Waals surface area contributed by atoms with Crippen molar-refractivity contribution in [1.82, 2.24) is 5.48 Å². The van der Waals surface area contributed by atoms with E-state index in [9.17, 15) is 0 Å². The van der Waals surface area contributed by atoms with Crippen molar-refractivity contribution in [2.75, 3.05) is 7.05 Å². The molecule has 0 saturated heterocycles. The first kappa shape index (κ1) is 7.72. The molecule has 0 atom stereocenters. The Hall–Kier alpha value is -0.280. The molecule has 0 aromatic heterocycles. The molecule has 0 aromatic carbocycles. The molecule has 2 N–H and O–H groups in total. The van der Waals surface area contributed by atoms with Gasteiger partial charge in [0.15, 0.2) is 0 Å². The fraction of sp³-hybridized carbons (Fsp3) is 1.00. The van der Waals surface area contributed by atoms with E-state index in [1.165, 1.54) is 7.05 Å². The maximum absolute atomic E-state index is 7.36. The first-order valence-corrected chi connectivity index (χ1v) is 1.55. The highest BCUT2D eigenvalue weighted by atomic mass is 17.8. The van der Waals surface area contributed by atoms with Crippen LogP contribution in [0.15, 0.2) is 0 Å². The number of rotatable bonds is 5. The van der Waals surface area contributed by atoms with Gasteiger partial charge in [-0.15, -0.1) is 4.99 Å². The van der Waals surface area contributed by atoms with Crippen LogP contribution in [0.2, 0.25) is 0 Å². The van der Waals surface area contributed by atoms with Crippen LogP contribution in [-0.4, -0.2) is 12.3 Å². The van der Waals surface area contributed by atoms with E-state index in [2.05, 4.69) is 30.6 Å². The zero-order valence-electron chi connectivity index (χ0n) is 3.99. The van der Waals surface area contributed by atoms with Gasteiger partial charge in [-0.1, -0.05) is 0 Å². The van der Waals surface area contributed by atoms with E-state index in [0.717, 1.165) is 0 Å². The average molecular weight is 127 g/mol. The summed E-state index contributed by atoms with van der Waals surface area (Å²) in [5.41, 5.74) is 2.06. The molecule has 8 heavy (non-hydrogen) atoms. The van der Waals surface area contributed by atoms with Crippen molar-refractivity contribution in [2.24, 2.45) is 0 Å². The third-order valence-corrected chi connectivity index (χ3v) is 0.203. The first-order valence-electron chi connectivity index (χ1n) is 1.55. The Bertz CT molecular complexity index is 33.5. The molecule has 0 unspecified atom stereocenters. The Morgan fingerprint density at radius 3 is 2.50 bits per heavy atom. The number of hydroxylamine groups is 1. The summed E-state index contributed by atoms with van der Waals surface area (Å²) >= 11 is 0. The van der Waals surface area contributed by atoms with Crippen molar-refractivity contribution in [3.05, 3.63) is 0 Å². The molecule has 0 amide bonds. The smallest absolute Gasteiger partial charge is 0.0127 e. The average Bonchev–Trinajstić information content (AvgIpc) is 1.81. The van der Waals surface area contributed by atoms with E-state index in [0.29, 0.717) is 0 Å². The van der Waals surface area contributed by atoms with Crippen molar-refractivity contribution < 1.29 is 30.4 Å². The van der Waals surface area contributed by atoms with Crippen molar-refractivity contribution in [3.63, 3.8) is 0 Å². The summed E-state index contributed by atoms with van der Waals surface area (Å²) in [6, 6.07) is 0. The molecule has 0 aliphatic rings. The van der Waals surface area contributed by atoms with E-state index in [4.69, 9.17) is 5.26 Å². The van der Waals surface area contributed by atoms with Crippen molar-refractivity contribution in [2.45, 2.75) is 0 Å². The predicted octanol–water partition coefficient (Wildman–Crippen LogP) is -0.663. The maximum atomic E-state index is 7.36. The van der Waals surface area contributed by atoms with Gasteiger partial charge in [-0.25, -0.2) is 5.26 Å². The highest BCUT2D eigenvalue weighted by Crippen LogP contribution is 1.77. The minimum atomic E-state index is 1.42. The van der Waals surface area contributed by atoms with E-state index in [-0.39, 0.29) is 0 Å². The van der Waals surface area contributed by atoms with Crippen LogP contribution in [0.5, 0.6) is 0 Å². The van der Waals surface area contributed by atoms with Crippen LogP contribution in [0.1, 0.15) is 0 Å². The highest BCUT2D eigenvalue weighted by Gasteiger charge is 1.84. The van der Waals surface area contributed by atoms with Gasteiger partial charge in [-0.2, -0.15) is 5.48 Å². The third kappa shape index (κ3) is 5.72. The molecule has 7 heteroatoms. The molecular formula is CH5NO6. The molecule has 0 bridgehead atoms. The molecule has 0 saturated carbocycles. The Morgan fingerprint density at radius 2 is 2.00 bits per heavy atom. The molecule has 50 valence electrons. The summed E-state index contributed by atoms with van der Waals surface area (Å²) in [4.78, 5) is 3.85. The molecular weight excluding hydrogens is 122 g/mol. The SMILES string of the molecule is CNOOOOOO. The van der Waals surface area contributed by atoms with Gasteiger partial charge >= 0.3 is 0 Å². The van der Waals surface area contributed by atoms with Gasteiger partial charge in [-0.05, 0) is 20.2 Å². The van der Waals surface area contributed by atoms with Crippen LogP contribution in [-0.2, 0) is 25.1 Å². The largest absolute Gasteiger partial charge is 0.219 e. The Labute approximate surface area is 44.3 Å². The lowest BCUT2D eigenvalue weighted by Crippen LogP contribution is -2.08. The van der Waals surface area contributed by atoms with Crippen LogP contribution in [0.25, 0.3) is 0 Å². The summed E-state index contributed by atoms with van der Waals surface area (Å²) in [5, 5.41) is 20.7. The maximum Gasteiger partial charge on any atom is 0.0127 e. The summed E-state index contributed by atoms with van der Waals surface area (Å²) in [5.74, 6) is 0. The van der Waals surface area contributed by atoms with Crippen LogP contribution >= 0.6 is 0 Å². The molecule has 0 aliphatic carbocycles. The minimum absolute atomic E-state index is 1.42. The zero-order chi connectivity index (χ0) is 6.24. The van der Waals surface area contributed by atoms with E-state index < -0.39 is 0 Å². The van der Waals surface area contributed by atoms with Gasteiger partial charge in [-0.3, -0.25) is 0 Å². The van der Waals surface area contributed by atoms with Gasteiger partial charge in [0, 0.05) is 7.05 Å². The Morgan fingerprint density at radius 1 is 1.25 bits per heavy atom. The lowest BCUT2D eigenvalue weighted by molar-refractivity contribution is -0.758. The second-order valence-electron chi connectivity index (χ2n) is 0.566. The van der Waals surface area contributed by atoms with Crippen LogP contribution in [0.3, 0.4) is 0 Å². The predicted molar refractivity (Wildman–Crippen MR) is 17.1 cm³/mol. The molecule has 0 radical (unpaired) electrons. The summed E-state index contributed by atoms with van der Waals surface area (Å²) < 4.78 is 0. The molecule has 7 nitrogen and oxygen atoms in total. The third-order valence-electron chi connectivity index (χ3n) is 0.203. The van der Waals surface area contributed by atoms with Gasteiger partial charge in [0.2, 0.25) is 0 Å². The topological polar surface area (TPSA) is 78.4 Å². The van der Waals surface area contributed by atoms with Crippen molar-refractivity contribution >= 4 is 0 Å². The molecule has 0 aromatic rings. The van der Waals surface area contributed by atoms with Crippen LogP contribution in [0.4, 0.5) is 0 Å². The molecule has 0 aliphatic heterocycles. The second kappa shape index (κ2) is 6.72. The molecule has 0 rings (SSSR count). The lowest BCUT2D eigenvalue weighted by atomic mass is 11.6. The molecule has 0 heterocycles. The Kier molecular flexibility index (Phi) is 6.48. The lowest BCUT2D eigenvalue weighted by Gasteiger charge is -1.93. The quantitative estimate of drug-likeness (QED) is 0.288. The summed E-state index contributed by atoms with van der Waals surface area (Å²) in [6.45, 7) is 0. The van der Waals surface area contributed by atoms with Crippen LogP contribution < -0.4 is 5.48 Å². The van der Waals surface area contributed by atoms with Gasteiger partial charge < -0.3 is 0 Å². The fourth-order valence-corrected chi connectivity index (χ4v) is 0.0717. The summed E-state index contributed by atoms with van der Waals surface area (Å²) in [7, 11) is 1.42. The fourth-order valence-electron chi connectivity index (χ4n) is 0.0717. The van der Waals surface area contributed by atoms with Crippen molar-refractivity contribution in [1.29, 1.82) is 0 Å². The zero-order valence-corrected chi connectivity index (χ0v) is 3.99. The van der Waals surface area contributed by atoms with E-state index in [1.807, 2.05) is 0 Å². The highest BCUT2D eigenvalue weighted by molar-refractivity contribution is 3.70. The van der Waals surface area contributed by atoms with Crippen LogP contribution in [0, 0.1) is 0 Å².